The maximum atomic E-state index is 12.3. The van der Waals surface area contributed by atoms with Gasteiger partial charge < -0.3 is 5.73 Å². The number of benzene rings is 1. The Morgan fingerprint density at radius 2 is 1.93 bits per heavy atom. The van der Waals surface area contributed by atoms with E-state index in [9.17, 15) is 18.0 Å². The first-order valence-electron chi connectivity index (χ1n) is 3.80. The largest absolute Gasteiger partial charge is 0.418 e. The van der Waals surface area contributed by atoms with E-state index >= 15 is 0 Å². The molecule has 0 spiro atoms. The predicted octanol–water partition coefficient (Wildman–Crippen LogP) is 2.49. The molecule has 1 aromatic carbocycles. The molecule has 0 aromatic heterocycles. The molecule has 1 aromatic rings. The van der Waals surface area contributed by atoms with Gasteiger partial charge in [0, 0.05) is 11.3 Å². The fraction of sp³-hybridized carbons (Fsp3) is 0.222. The molecule has 0 fully saturated rings. The van der Waals surface area contributed by atoms with Crippen molar-refractivity contribution in [1.82, 2.24) is 0 Å². The zero-order valence-electron chi connectivity index (χ0n) is 7.35. The fourth-order valence-corrected chi connectivity index (χ4v) is 1.02. The van der Waals surface area contributed by atoms with Gasteiger partial charge in [-0.1, -0.05) is 0 Å². The van der Waals surface area contributed by atoms with Gasteiger partial charge in [-0.25, -0.2) is 0 Å². The van der Waals surface area contributed by atoms with Crippen LogP contribution in [0.2, 0.25) is 0 Å². The first-order valence-corrected chi connectivity index (χ1v) is 3.80. The standard InChI is InChI=1S/C9H8F3NO/c1-5(14)6-2-3-8(13)7(4-6)9(10,11)12/h2-4H,13H2,1H3. The molecule has 0 radical (unpaired) electrons. The monoisotopic (exact) mass is 203 g/mol. The molecule has 76 valence electrons. The van der Waals surface area contributed by atoms with E-state index in [0.29, 0.717) is 0 Å². The molecule has 0 aliphatic rings. The highest BCUT2D eigenvalue weighted by Crippen LogP contribution is 2.33. The van der Waals surface area contributed by atoms with Crippen LogP contribution in [0.15, 0.2) is 18.2 Å². The SMILES string of the molecule is CC(=O)c1ccc(N)c(C(F)(F)F)c1. The van der Waals surface area contributed by atoms with Gasteiger partial charge >= 0.3 is 6.18 Å². The number of nitrogens with two attached hydrogens (primary N) is 1. The maximum Gasteiger partial charge on any atom is 0.418 e. The van der Waals surface area contributed by atoms with Crippen LogP contribution in [0.25, 0.3) is 0 Å². The van der Waals surface area contributed by atoms with Crippen molar-refractivity contribution >= 4 is 11.5 Å². The Hall–Kier alpha value is -1.52. The lowest BCUT2D eigenvalue weighted by Crippen LogP contribution is -2.10. The first-order chi connectivity index (χ1) is 6.32. The molecule has 0 heterocycles. The molecule has 0 unspecified atom stereocenters. The van der Waals surface area contributed by atoms with Gasteiger partial charge in [-0.2, -0.15) is 13.2 Å². The van der Waals surface area contributed by atoms with Crippen molar-refractivity contribution in [3.63, 3.8) is 0 Å². The van der Waals surface area contributed by atoms with E-state index in [4.69, 9.17) is 5.73 Å². The van der Waals surface area contributed by atoms with Crippen LogP contribution >= 0.6 is 0 Å². The highest BCUT2D eigenvalue weighted by atomic mass is 19.4. The third-order valence-corrected chi connectivity index (χ3v) is 1.77. The molecule has 0 bridgehead atoms. The number of Topliss-reactive ketones (excluding diaryl/α,β-unsaturated/α-hetero) is 1. The number of carbonyl (C=O) groups excluding carboxylic acids is 1. The lowest BCUT2D eigenvalue weighted by molar-refractivity contribution is -0.136. The van der Waals surface area contributed by atoms with Crippen LogP contribution in [0.3, 0.4) is 0 Å². The van der Waals surface area contributed by atoms with Crippen LogP contribution in [-0.2, 0) is 6.18 Å². The summed E-state index contributed by atoms with van der Waals surface area (Å²) >= 11 is 0. The summed E-state index contributed by atoms with van der Waals surface area (Å²) in [5.41, 5.74) is 3.81. The Kier molecular flexibility index (Phi) is 2.51. The highest BCUT2D eigenvalue weighted by Gasteiger charge is 2.33. The molecule has 0 aliphatic carbocycles. The second-order valence-electron chi connectivity index (χ2n) is 2.86. The van der Waals surface area contributed by atoms with Gasteiger partial charge in [0.25, 0.3) is 0 Å². The topological polar surface area (TPSA) is 43.1 Å². The number of nitrogen functional groups attached to an aromatic ring is 1. The number of ketones is 1. The van der Waals surface area contributed by atoms with Crippen molar-refractivity contribution in [1.29, 1.82) is 0 Å². The van der Waals surface area contributed by atoms with Crippen LogP contribution < -0.4 is 5.73 Å². The molecule has 14 heavy (non-hydrogen) atoms. The van der Waals surface area contributed by atoms with E-state index in [1.54, 1.807) is 0 Å². The second kappa shape index (κ2) is 3.32. The Morgan fingerprint density at radius 1 is 1.36 bits per heavy atom. The average molecular weight is 203 g/mol. The van der Waals surface area contributed by atoms with Gasteiger partial charge in [-0.05, 0) is 25.1 Å². The molecule has 2 N–H and O–H groups in total. The van der Waals surface area contributed by atoms with E-state index < -0.39 is 17.5 Å². The highest BCUT2D eigenvalue weighted by molar-refractivity contribution is 5.94. The lowest BCUT2D eigenvalue weighted by atomic mass is 10.1. The maximum absolute atomic E-state index is 12.3. The molecule has 0 saturated carbocycles. The molecule has 2 nitrogen and oxygen atoms in total. The Labute approximate surface area is 78.5 Å². The van der Waals surface area contributed by atoms with Crippen molar-refractivity contribution in [2.75, 3.05) is 5.73 Å². The van der Waals surface area contributed by atoms with Crippen LogP contribution in [0.4, 0.5) is 18.9 Å². The smallest absolute Gasteiger partial charge is 0.398 e. The molecule has 1 rings (SSSR count). The van der Waals surface area contributed by atoms with Crippen molar-refractivity contribution in [2.45, 2.75) is 13.1 Å². The van der Waals surface area contributed by atoms with E-state index in [2.05, 4.69) is 0 Å². The van der Waals surface area contributed by atoms with Gasteiger partial charge in [-0.3, -0.25) is 4.79 Å². The minimum absolute atomic E-state index is 0.00604. The van der Waals surface area contributed by atoms with Crippen molar-refractivity contribution in [3.05, 3.63) is 29.3 Å². The Bertz CT molecular complexity index is 371. The first kappa shape index (κ1) is 10.6. The number of halogens is 3. The lowest BCUT2D eigenvalue weighted by Gasteiger charge is -2.10. The second-order valence-corrected chi connectivity index (χ2v) is 2.86. The van der Waals surface area contributed by atoms with Crippen molar-refractivity contribution in [3.8, 4) is 0 Å². The van der Waals surface area contributed by atoms with Crippen LogP contribution in [0.1, 0.15) is 22.8 Å². The van der Waals surface area contributed by atoms with Gasteiger partial charge in [0.1, 0.15) is 0 Å². The molecule has 0 amide bonds. The summed E-state index contributed by atoms with van der Waals surface area (Å²) in [7, 11) is 0. The molecule has 5 heteroatoms. The normalized spacial score (nSPS) is 11.4. The van der Waals surface area contributed by atoms with Crippen LogP contribution in [0.5, 0.6) is 0 Å². The molecule has 0 saturated heterocycles. The van der Waals surface area contributed by atoms with Crippen LogP contribution in [-0.4, -0.2) is 5.78 Å². The third kappa shape index (κ3) is 2.04. The Morgan fingerprint density at radius 3 is 2.36 bits per heavy atom. The summed E-state index contributed by atoms with van der Waals surface area (Å²) in [5.74, 6) is -0.421. The number of rotatable bonds is 1. The average Bonchev–Trinajstić information content (AvgIpc) is 2.02. The molecular weight excluding hydrogens is 195 g/mol. The summed E-state index contributed by atoms with van der Waals surface area (Å²) in [6, 6.07) is 3.12. The van der Waals surface area contributed by atoms with Gasteiger partial charge in [0.15, 0.2) is 5.78 Å². The quantitative estimate of drug-likeness (QED) is 0.562. The van der Waals surface area contributed by atoms with Crippen LogP contribution in [0, 0.1) is 0 Å². The zero-order chi connectivity index (χ0) is 10.9. The van der Waals surface area contributed by atoms with Crippen molar-refractivity contribution < 1.29 is 18.0 Å². The van der Waals surface area contributed by atoms with E-state index in [0.717, 1.165) is 12.1 Å². The van der Waals surface area contributed by atoms with E-state index in [1.165, 1.54) is 13.0 Å². The summed E-state index contributed by atoms with van der Waals surface area (Å²) in [5, 5.41) is 0. The minimum atomic E-state index is -4.52. The number of anilines is 1. The number of carbonyl (C=O) groups is 1. The van der Waals surface area contributed by atoms with E-state index in [1.807, 2.05) is 0 Å². The summed E-state index contributed by atoms with van der Waals surface area (Å²) in [6.45, 7) is 1.20. The van der Waals surface area contributed by atoms with Gasteiger partial charge in [-0.15, -0.1) is 0 Å². The molecular formula is C9H8F3NO. The minimum Gasteiger partial charge on any atom is -0.398 e. The summed E-state index contributed by atoms with van der Waals surface area (Å²) in [6.07, 6.45) is -4.52. The number of hydrogen-bond acceptors (Lipinski definition) is 2. The van der Waals surface area contributed by atoms with Crippen molar-refractivity contribution in [2.24, 2.45) is 0 Å². The third-order valence-electron chi connectivity index (χ3n) is 1.77. The summed E-state index contributed by atoms with van der Waals surface area (Å²) in [4.78, 5) is 10.8. The van der Waals surface area contributed by atoms with Gasteiger partial charge in [0.2, 0.25) is 0 Å². The summed E-state index contributed by atoms with van der Waals surface area (Å²) < 4.78 is 36.9. The number of alkyl halides is 3. The fourth-order valence-electron chi connectivity index (χ4n) is 1.02. The van der Waals surface area contributed by atoms with Gasteiger partial charge in [0.05, 0.1) is 5.56 Å². The predicted molar refractivity (Wildman–Crippen MR) is 45.9 cm³/mol. The van der Waals surface area contributed by atoms with E-state index in [-0.39, 0.29) is 11.3 Å². The zero-order valence-corrected chi connectivity index (χ0v) is 7.35. The number of hydrogen-bond donors (Lipinski definition) is 1. The molecule has 0 atom stereocenters. The Balaban J connectivity index is 3.29. The molecule has 0 aliphatic heterocycles.